The molecule has 31 heavy (non-hydrogen) atoms. The highest BCUT2D eigenvalue weighted by atomic mass is 35.5. The second-order valence-corrected chi connectivity index (χ2v) is 8.48. The van der Waals surface area contributed by atoms with Gasteiger partial charge in [0.15, 0.2) is 5.43 Å². The average molecular weight is 485 g/mol. The largest absolute Gasteiger partial charge is 0.492 e. The van der Waals surface area contributed by atoms with Crippen molar-refractivity contribution in [2.24, 2.45) is 0 Å². The van der Waals surface area contributed by atoms with E-state index in [4.69, 9.17) is 37.4 Å². The predicted molar refractivity (Wildman–Crippen MR) is 121 cm³/mol. The number of rotatable bonds is 7. The number of methoxy groups -OCH3 is 1. The molecule has 0 saturated carbocycles. The number of hydrogen-bond acceptors (Lipinski definition) is 6. The Labute approximate surface area is 190 Å². The van der Waals surface area contributed by atoms with Crippen LogP contribution in [0.1, 0.15) is 23.0 Å². The van der Waals surface area contributed by atoms with Gasteiger partial charge in [0.05, 0.1) is 22.2 Å². The van der Waals surface area contributed by atoms with Crippen LogP contribution in [-0.2, 0) is 4.74 Å². The van der Waals surface area contributed by atoms with E-state index < -0.39 is 17.6 Å². The normalized spacial score (nSPS) is 16.7. The van der Waals surface area contributed by atoms with Crippen molar-refractivity contribution in [3.63, 3.8) is 0 Å². The van der Waals surface area contributed by atoms with Crippen LogP contribution >= 0.6 is 34.6 Å². The predicted octanol–water partition coefficient (Wildman–Crippen LogP) is 3.41. The molecule has 164 valence electrons. The van der Waals surface area contributed by atoms with Crippen LogP contribution in [0.4, 0.5) is 0 Å². The highest BCUT2D eigenvalue weighted by molar-refractivity contribution is 8.01. The SMILES string of the molecule is COCCCOc1cc2c(cc1Cl)-c1cc(=O)c(C(=O)O)cn1[C@@H](C1=C(Cl)NC=[SH]1)O2. The molecule has 2 aromatic rings. The number of fused-ring (bicyclic) bond motifs is 3. The van der Waals surface area contributed by atoms with E-state index in [1.807, 2.05) is 0 Å². The molecule has 0 radical (unpaired) electrons. The summed E-state index contributed by atoms with van der Waals surface area (Å²) in [5.74, 6) is -0.448. The minimum Gasteiger partial charge on any atom is -0.492 e. The molecule has 0 saturated heterocycles. The Morgan fingerprint density at radius 1 is 1.32 bits per heavy atom. The van der Waals surface area contributed by atoms with Crippen molar-refractivity contribution in [3.8, 4) is 22.8 Å². The average Bonchev–Trinajstić information content (AvgIpc) is 3.16. The van der Waals surface area contributed by atoms with Crippen LogP contribution in [-0.4, -0.2) is 41.5 Å². The summed E-state index contributed by atoms with van der Waals surface area (Å²) in [5, 5.41) is 13.0. The van der Waals surface area contributed by atoms with Crippen molar-refractivity contribution < 1.29 is 24.1 Å². The molecule has 0 bridgehead atoms. The van der Waals surface area contributed by atoms with Gasteiger partial charge in [-0.25, -0.2) is 4.79 Å². The second kappa shape index (κ2) is 8.96. The number of aromatic carboxylic acids is 1. The Bertz CT molecular complexity index is 1180. The van der Waals surface area contributed by atoms with E-state index in [2.05, 4.69) is 5.32 Å². The molecular formula is C20H18Cl2N2O6S. The standard InChI is InChI=1S/C20H18Cl2N2O6S/c1-28-3-2-4-29-16-7-15-10(5-12(16)21)13-6-14(25)11(20(26)27)8-24(13)19(30-15)17-18(22)23-9-31-17/h5-9,19,23,31H,2-4H2,1H3,(H,26,27)/t19-/m1/s1. The summed E-state index contributed by atoms with van der Waals surface area (Å²) in [5.41, 5.74) is 1.77. The van der Waals surface area contributed by atoms with Crippen LogP contribution in [0.25, 0.3) is 11.3 Å². The zero-order valence-corrected chi connectivity index (χ0v) is 18.6. The van der Waals surface area contributed by atoms with E-state index in [9.17, 15) is 14.7 Å². The van der Waals surface area contributed by atoms with Crippen molar-refractivity contribution in [1.82, 2.24) is 9.88 Å². The third-order valence-electron chi connectivity index (χ3n) is 4.72. The molecule has 2 aliphatic heterocycles. The Morgan fingerprint density at radius 2 is 2.13 bits per heavy atom. The molecule has 0 amide bonds. The first-order valence-electron chi connectivity index (χ1n) is 9.21. The molecule has 4 rings (SSSR count). The van der Waals surface area contributed by atoms with Gasteiger partial charge in [-0.15, -0.1) is 11.4 Å². The summed E-state index contributed by atoms with van der Waals surface area (Å²) in [4.78, 5) is 24.6. The summed E-state index contributed by atoms with van der Waals surface area (Å²) >= 11 is 13.5. The number of carboxylic acids is 1. The number of nitrogens with one attached hydrogen (secondary N) is 1. The smallest absolute Gasteiger partial charge is 0.341 e. The molecule has 11 heteroatoms. The van der Waals surface area contributed by atoms with Gasteiger partial charge in [0.1, 0.15) is 22.2 Å². The molecular weight excluding hydrogens is 467 g/mol. The van der Waals surface area contributed by atoms with Gasteiger partial charge >= 0.3 is 5.97 Å². The Morgan fingerprint density at radius 3 is 2.81 bits per heavy atom. The van der Waals surface area contributed by atoms with Gasteiger partial charge in [-0.2, -0.15) is 0 Å². The molecule has 0 fully saturated rings. The van der Waals surface area contributed by atoms with Crippen molar-refractivity contribution in [1.29, 1.82) is 0 Å². The number of halogens is 2. The first-order chi connectivity index (χ1) is 14.9. The zero-order chi connectivity index (χ0) is 22.1. The van der Waals surface area contributed by atoms with Gasteiger partial charge in [0.2, 0.25) is 6.23 Å². The summed E-state index contributed by atoms with van der Waals surface area (Å²) in [7, 11) is 1.61. The fraction of sp³-hybridized carbons (Fsp3) is 0.250. The van der Waals surface area contributed by atoms with Crippen LogP contribution in [0, 0.1) is 0 Å². The maximum atomic E-state index is 12.4. The topological polar surface area (TPSA) is 99.0 Å². The number of thiol groups is 1. The number of benzene rings is 1. The Kier molecular flexibility index (Phi) is 6.29. The summed E-state index contributed by atoms with van der Waals surface area (Å²) in [6, 6.07) is 4.57. The molecule has 0 unspecified atom stereocenters. The van der Waals surface area contributed by atoms with Crippen molar-refractivity contribution in [3.05, 3.63) is 55.3 Å². The second-order valence-electron chi connectivity index (χ2n) is 6.69. The van der Waals surface area contributed by atoms with Crippen molar-refractivity contribution >= 4 is 46.0 Å². The Hall–Kier alpha value is -2.46. The third kappa shape index (κ3) is 4.18. The molecule has 1 aromatic heterocycles. The van der Waals surface area contributed by atoms with Gasteiger partial charge in [0.25, 0.3) is 0 Å². The van der Waals surface area contributed by atoms with E-state index in [0.717, 1.165) is 11.4 Å². The lowest BCUT2D eigenvalue weighted by Gasteiger charge is -2.32. The third-order valence-corrected chi connectivity index (χ3v) is 6.44. The lowest BCUT2D eigenvalue weighted by Crippen LogP contribution is -2.27. The van der Waals surface area contributed by atoms with E-state index >= 15 is 0 Å². The van der Waals surface area contributed by atoms with E-state index in [-0.39, 0.29) is 5.56 Å². The maximum Gasteiger partial charge on any atom is 0.341 e. The first kappa shape index (κ1) is 21.8. The van der Waals surface area contributed by atoms with E-state index in [1.54, 1.807) is 29.3 Å². The van der Waals surface area contributed by atoms with Gasteiger partial charge in [-0.3, -0.25) is 4.79 Å². The molecule has 0 spiro atoms. The quantitative estimate of drug-likeness (QED) is 0.239. The first-order valence-corrected chi connectivity index (χ1v) is 10.9. The van der Waals surface area contributed by atoms with Crippen molar-refractivity contribution in [2.45, 2.75) is 12.6 Å². The maximum absolute atomic E-state index is 12.4. The number of pyridine rings is 1. The highest BCUT2D eigenvalue weighted by Gasteiger charge is 2.32. The highest BCUT2D eigenvalue weighted by Crippen LogP contribution is 2.46. The Balaban J connectivity index is 1.83. The lowest BCUT2D eigenvalue weighted by molar-refractivity contribution is 0.0693. The van der Waals surface area contributed by atoms with Gasteiger partial charge in [-0.1, -0.05) is 23.2 Å². The number of ether oxygens (including phenoxy) is 3. The number of nitrogens with zero attached hydrogens (tertiary/aromatic N) is 1. The molecule has 2 N–H and O–H groups in total. The molecule has 2 aliphatic rings. The fourth-order valence-corrected chi connectivity index (χ4v) is 4.68. The summed E-state index contributed by atoms with van der Waals surface area (Å²) in [6.07, 6.45) is 1.19. The van der Waals surface area contributed by atoms with Crippen LogP contribution in [0.2, 0.25) is 5.02 Å². The van der Waals surface area contributed by atoms with Gasteiger partial charge in [0, 0.05) is 49.5 Å². The fourth-order valence-electron chi connectivity index (χ4n) is 3.27. The van der Waals surface area contributed by atoms with Gasteiger partial charge in [-0.05, 0) is 6.07 Å². The van der Waals surface area contributed by atoms with E-state index in [1.165, 1.54) is 12.3 Å². The molecule has 1 atom stereocenters. The number of aromatic nitrogens is 1. The minimum absolute atomic E-state index is 0.339. The summed E-state index contributed by atoms with van der Waals surface area (Å²) in [6.45, 7) is 0.959. The monoisotopic (exact) mass is 484 g/mol. The van der Waals surface area contributed by atoms with Crippen LogP contribution in [0.3, 0.4) is 0 Å². The van der Waals surface area contributed by atoms with Crippen LogP contribution in [0.15, 0.2) is 39.3 Å². The zero-order valence-electron chi connectivity index (χ0n) is 16.2. The minimum atomic E-state index is -1.32. The number of hydrogen-bond donors (Lipinski definition) is 3. The molecule has 8 nitrogen and oxygen atoms in total. The summed E-state index contributed by atoms with van der Waals surface area (Å²) < 4.78 is 18.6. The van der Waals surface area contributed by atoms with Gasteiger partial charge < -0.3 is 29.2 Å². The van der Waals surface area contributed by atoms with Crippen LogP contribution < -0.4 is 20.2 Å². The number of carboxylic acid groups (broad SMARTS) is 1. The molecule has 1 aromatic carbocycles. The molecule has 0 aliphatic carbocycles. The molecule has 3 heterocycles. The number of carbonyl (C=O) groups is 1. The van der Waals surface area contributed by atoms with E-state index in [0.29, 0.717) is 57.5 Å². The van der Waals surface area contributed by atoms with Crippen molar-refractivity contribution in [2.75, 3.05) is 20.3 Å². The lowest BCUT2D eigenvalue weighted by atomic mass is 10.1. The van der Waals surface area contributed by atoms with Crippen LogP contribution in [0.5, 0.6) is 11.5 Å².